The van der Waals surface area contributed by atoms with E-state index in [2.05, 4.69) is 30.6 Å². The third-order valence-corrected chi connectivity index (χ3v) is 3.07. The van der Waals surface area contributed by atoms with Gasteiger partial charge in [0.25, 0.3) is 0 Å². The minimum absolute atomic E-state index is 0.0152. The van der Waals surface area contributed by atoms with Gasteiger partial charge in [0, 0.05) is 35.9 Å². The Balaban J connectivity index is 1.65. The summed E-state index contributed by atoms with van der Waals surface area (Å²) in [5.74, 6) is 0.156. The lowest BCUT2D eigenvalue weighted by Gasteiger charge is -2.08. The molecule has 0 unspecified atom stereocenters. The fraction of sp³-hybridized carbons (Fsp3) is 0.0667. The number of fused-ring (bicyclic) bond motifs is 1. The Morgan fingerprint density at radius 1 is 1.22 bits per heavy atom. The number of benzene rings is 1. The lowest BCUT2D eigenvalue weighted by atomic mass is 10.2. The van der Waals surface area contributed by atoms with Crippen LogP contribution in [0.2, 0.25) is 0 Å². The maximum absolute atomic E-state index is 12.0. The van der Waals surface area contributed by atoms with Gasteiger partial charge in [-0.05, 0) is 18.2 Å². The molecule has 3 aromatic rings. The first-order valence-corrected chi connectivity index (χ1v) is 6.81. The van der Waals surface area contributed by atoms with Crippen LogP contribution in [0.15, 0.2) is 43.1 Å². The van der Waals surface area contributed by atoms with Crippen molar-refractivity contribution in [3.8, 4) is 0 Å². The monoisotopic (exact) mass is 307 g/mol. The van der Waals surface area contributed by atoms with Gasteiger partial charge in [-0.15, -0.1) is 0 Å². The van der Waals surface area contributed by atoms with Crippen LogP contribution in [0.3, 0.4) is 0 Å². The van der Waals surface area contributed by atoms with Crippen molar-refractivity contribution in [1.82, 2.24) is 19.9 Å². The molecule has 3 rings (SSSR count). The van der Waals surface area contributed by atoms with Gasteiger partial charge >= 0.3 is 0 Å². The Morgan fingerprint density at radius 3 is 2.96 bits per heavy atom. The number of nitrogens with one attached hydrogen (secondary N) is 3. The van der Waals surface area contributed by atoms with Gasteiger partial charge in [-0.1, -0.05) is 0 Å². The number of hydrogen-bond acceptors (Lipinski definition) is 7. The number of carbonyl (C=O) groups excluding carboxylic acids is 1. The molecule has 23 heavy (non-hydrogen) atoms. The molecule has 3 N–H and O–H groups in total. The van der Waals surface area contributed by atoms with Crippen molar-refractivity contribution in [1.29, 1.82) is 5.41 Å². The summed E-state index contributed by atoms with van der Waals surface area (Å²) in [6, 6.07) is 5.41. The Kier molecular flexibility index (Phi) is 4.14. The molecule has 0 aliphatic rings. The smallest absolute Gasteiger partial charge is 0.243 e. The molecule has 8 heteroatoms. The molecular formula is C15H13N7O. The Morgan fingerprint density at radius 2 is 2.09 bits per heavy atom. The van der Waals surface area contributed by atoms with Crippen molar-refractivity contribution < 1.29 is 4.79 Å². The highest BCUT2D eigenvalue weighted by molar-refractivity contribution is 5.96. The second-order valence-corrected chi connectivity index (χ2v) is 4.63. The lowest BCUT2D eigenvalue weighted by molar-refractivity contribution is -0.114. The highest BCUT2D eigenvalue weighted by Crippen LogP contribution is 2.16. The van der Waals surface area contributed by atoms with Crippen LogP contribution < -0.4 is 10.6 Å². The number of anilines is 2. The maximum Gasteiger partial charge on any atom is 0.243 e. The van der Waals surface area contributed by atoms with Gasteiger partial charge in [0.05, 0.1) is 12.1 Å². The molecule has 0 bridgehead atoms. The zero-order chi connectivity index (χ0) is 16.1. The molecule has 1 amide bonds. The molecule has 0 radical (unpaired) electrons. The summed E-state index contributed by atoms with van der Waals surface area (Å²) in [5, 5.41) is 13.8. The fourth-order valence-electron chi connectivity index (χ4n) is 2.01. The molecule has 0 aliphatic heterocycles. The van der Waals surface area contributed by atoms with Crippen molar-refractivity contribution in [2.24, 2.45) is 0 Å². The molecule has 8 nitrogen and oxygen atoms in total. The van der Waals surface area contributed by atoms with E-state index in [1.54, 1.807) is 18.3 Å². The highest BCUT2D eigenvalue weighted by atomic mass is 16.1. The summed E-state index contributed by atoms with van der Waals surface area (Å²) in [6.45, 7) is 0.0152. The fourth-order valence-corrected chi connectivity index (χ4v) is 2.01. The Hall–Kier alpha value is -3.42. The number of aromatic nitrogens is 4. The van der Waals surface area contributed by atoms with E-state index < -0.39 is 0 Å². The Labute approximate surface area is 131 Å². The van der Waals surface area contributed by atoms with Crippen LogP contribution in [0.1, 0.15) is 5.69 Å². The van der Waals surface area contributed by atoms with Crippen LogP contribution in [0.4, 0.5) is 11.5 Å². The van der Waals surface area contributed by atoms with Crippen LogP contribution in [0.25, 0.3) is 10.9 Å². The first-order valence-electron chi connectivity index (χ1n) is 6.81. The average molecular weight is 307 g/mol. The molecule has 0 saturated heterocycles. The van der Waals surface area contributed by atoms with E-state index in [9.17, 15) is 4.79 Å². The third-order valence-electron chi connectivity index (χ3n) is 3.07. The second kappa shape index (κ2) is 6.56. The van der Waals surface area contributed by atoms with Crippen LogP contribution >= 0.6 is 0 Å². The first-order chi connectivity index (χ1) is 11.3. The molecule has 2 aromatic heterocycles. The van der Waals surface area contributed by atoms with Gasteiger partial charge in [-0.3, -0.25) is 4.79 Å². The quantitative estimate of drug-likeness (QED) is 0.614. The van der Waals surface area contributed by atoms with Crippen molar-refractivity contribution in [2.75, 3.05) is 17.2 Å². The molecular weight excluding hydrogens is 294 g/mol. The van der Waals surface area contributed by atoms with E-state index in [0.717, 1.165) is 17.1 Å². The van der Waals surface area contributed by atoms with E-state index in [1.807, 2.05) is 6.07 Å². The van der Waals surface area contributed by atoms with E-state index in [-0.39, 0.29) is 12.5 Å². The van der Waals surface area contributed by atoms with Gasteiger partial charge in [0.2, 0.25) is 5.91 Å². The van der Waals surface area contributed by atoms with Gasteiger partial charge in [0.1, 0.15) is 12.0 Å². The van der Waals surface area contributed by atoms with Crippen molar-refractivity contribution in [2.45, 2.75) is 0 Å². The van der Waals surface area contributed by atoms with Gasteiger partial charge in [-0.25, -0.2) is 19.9 Å². The predicted molar refractivity (Wildman–Crippen MR) is 86.6 cm³/mol. The zero-order valence-electron chi connectivity index (χ0n) is 12.0. The maximum atomic E-state index is 12.0. The molecule has 0 aliphatic carbocycles. The molecule has 0 atom stereocenters. The summed E-state index contributed by atoms with van der Waals surface area (Å²) < 4.78 is 0. The van der Waals surface area contributed by atoms with Gasteiger partial charge in [0.15, 0.2) is 5.82 Å². The van der Waals surface area contributed by atoms with Crippen molar-refractivity contribution in [3.05, 3.63) is 48.8 Å². The molecule has 0 spiro atoms. The number of amides is 1. The highest BCUT2D eigenvalue weighted by Gasteiger charge is 2.06. The topological polar surface area (TPSA) is 117 Å². The average Bonchev–Trinajstić information content (AvgIpc) is 2.60. The molecule has 0 fully saturated rings. The van der Waals surface area contributed by atoms with Gasteiger partial charge < -0.3 is 16.0 Å². The van der Waals surface area contributed by atoms with E-state index in [4.69, 9.17) is 5.41 Å². The number of rotatable bonds is 5. The summed E-state index contributed by atoms with van der Waals surface area (Å²) in [7, 11) is 0. The molecule has 2 heterocycles. The number of hydrogen-bond donors (Lipinski definition) is 3. The van der Waals surface area contributed by atoms with E-state index >= 15 is 0 Å². The minimum atomic E-state index is -0.236. The molecule has 1 aromatic carbocycles. The SMILES string of the molecule is N=Cc1nccnc1NCC(=O)Nc1ccc2cncnc2c1. The van der Waals surface area contributed by atoms with Gasteiger partial charge in [-0.2, -0.15) is 0 Å². The Bertz CT molecular complexity index is 865. The van der Waals surface area contributed by atoms with Crippen LogP contribution in [0, 0.1) is 5.41 Å². The molecule has 114 valence electrons. The van der Waals surface area contributed by atoms with Crippen LogP contribution in [-0.4, -0.2) is 38.6 Å². The minimum Gasteiger partial charge on any atom is -0.359 e. The first kappa shape index (κ1) is 14.5. The standard InChI is InChI=1S/C15H13N7O/c16-6-13-15(19-4-3-18-13)20-8-14(23)22-11-2-1-10-7-17-9-21-12(10)5-11/h1-7,9,16H,8H2,(H,19,20)(H,22,23). The summed E-state index contributed by atoms with van der Waals surface area (Å²) in [6.07, 6.45) is 7.24. The second-order valence-electron chi connectivity index (χ2n) is 4.63. The summed E-state index contributed by atoms with van der Waals surface area (Å²) in [4.78, 5) is 28.1. The van der Waals surface area contributed by atoms with E-state index in [1.165, 1.54) is 18.7 Å². The third kappa shape index (κ3) is 3.43. The lowest BCUT2D eigenvalue weighted by Crippen LogP contribution is -2.22. The normalized spacial score (nSPS) is 10.3. The summed E-state index contributed by atoms with van der Waals surface area (Å²) in [5.41, 5.74) is 1.78. The number of carbonyl (C=O) groups is 1. The zero-order valence-corrected chi connectivity index (χ0v) is 12.0. The molecule has 0 saturated carbocycles. The van der Waals surface area contributed by atoms with Crippen molar-refractivity contribution >= 4 is 34.5 Å². The predicted octanol–water partition coefficient (Wildman–Crippen LogP) is 1.47. The van der Waals surface area contributed by atoms with Crippen LogP contribution in [0.5, 0.6) is 0 Å². The number of nitrogens with zero attached hydrogens (tertiary/aromatic N) is 4. The largest absolute Gasteiger partial charge is 0.359 e. The van der Waals surface area contributed by atoms with E-state index in [0.29, 0.717) is 17.2 Å². The van der Waals surface area contributed by atoms with Crippen LogP contribution in [-0.2, 0) is 4.79 Å². The summed E-state index contributed by atoms with van der Waals surface area (Å²) >= 11 is 0. The van der Waals surface area contributed by atoms with Crippen molar-refractivity contribution in [3.63, 3.8) is 0 Å².